The normalized spacial score (nSPS) is 16.8. The van der Waals surface area contributed by atoms with Crippen molar-refractivity contribution < 1.29 is 19.1 Å². The maximum Gasteiger partial charge on any atom is 0.339 e. The monoisotopic (exact) mass is 434 g/mol. The lowest BCUT2D eigenvalue weighted by atomic mass is 9.96. The molecule has 3 aromatic rings. The van der Waals surface area contributed by atoms with Crippen molar-refractivity contribution in [3.63, 3.8) is 0 Å². The van der Waals surface area contributed by atoms with Gasteiger partial charge < -0.3 is 15.3 Å². The molecule has 4 rings (SSSR count). The number of nitrogens with one attached hydrogen (secondary N) is 1. The van der Waals surface area contributed by atoms with Crippen LogP contribution in [0, 0.1) is 11.7 Å². The number of thiazole rings is 1. The molecule has 0 spiro atoms. The average Bonchev–Trinajstić information content (AvgIpc) is 3.10. The Bertz CT molecular complexity index is 1110. The van der Waals surface area contributed by atoms with E-state index in [2.05, 4.69) is 15.3 Å². The first kappa shape index (κ1) is 19.5. The molecule has 29 heavy (non-hydrogen) atoms. The van der Waals surface area contributed by atoms with E-state index in [9.17, 15) is 19.1 Å². The van der Waals surface area contributed by atoms with E-state index in [0.717, 1.165) is 17.8 Å². The van der Waals surface area contributed by atoms with E-state index in [1.165, 1.54) is 24.5 Å². The lowest BCUT2D eigenvalue weighted by Gasteiger charge is -2.34. The number of benzene rings is 1. The van der Waals surface area contributed by atoms with E-state index in [1.54, 1.807) is 6.07 Å². The fourth-order valence-electron chi connectivity index (χ4n) is 3.46. The highest BCUT2D eigenvalue weighted by Gasteiger charge is 2.28. The molecule has 1 fully saturated rings. The molecule has 150 valence electrons. The maximum absolute atomic E-state index is 13.5. The molecule has 0 bridgehead atoms. The van der Waals surface area contributed by atoms with Gasteiger partial charge in [-0.2, -0.15) is 0 Å². The van der Waals surface area contributed by atoms with Crippen molar-refractivity contribution in [3.05, 3.63) is 47.0 Å². The summed E-state index contributed by atoms with van der Waals surface area (Å²) in [5.41, 5.74) is 1.10. The van der Waals surface area contributed by atoms with Crippen LogP contribution in [0.4, 0.5) is 15.2 Å². The van der Waals surface area contributed by atoms with Gasteiger partial charge in [0.1, 0.15) is 16.9 Å². The van der Waals surface area contributed by atoms with Crippen LogP contribution in [-0.2, 0) is 4.79 Å². The molecule has 1 aromatic carbocycles. The van der Waals surface area contributed by atoms with Crippen molar-refractivity contribution in [1.82, 2.24) is 9.97 Å². The number of halogens is 2. The minimum atomic E-state index is -1.06. The third kappa shape index (κ3) is 4.01. The summed E-state index contributed by atoms with van der Waals surface area (Å²) < 4.78 is 14.1. The summed E-state index contributed by atoms with van der Waals surface area (Å²) in [7, 11) is 0. The predicted octanol–water partition coefficient (Wildman–Crippen LogP) is 4.04. The van der Waals surface area contributed by atoms with Gasteiger partial charge in [-0.05, 0) is 31.0 Å². The van der Waals surface area contributed by atoms with E-state index >= 15 is 0 Å². The second-order valence-electron chi connectivity index (χ2n) is 6.73. The van der Waals surface area contributed by atoms with Crippen LogP contribution >= 0.6 is 22.9 Å². The third-order valence-corrected chi connectivity index (χ3v) is 6.01. The Kier molecular flexibility index (Phi) is 5.33. The molecule has 3 heterocycles. The Balaban J connectivity index is 1.51. The number of nitrogens with zero attached hydrogens (tertiary/aromatic N) is 3. The molecule has 0 radical (unpaired) electrons. The highest BCUT2D eigenvalue weighted by molar-refractivity contribution is 7.22. The van der Waals surface area contributed by atoms with Crippen molar-refractivity contribution >= 4 is 55.8 Å². The number of aromatic carboxylic acids is 1. The van der Waals surface area contributed by atoms with E-state index in [4.69, 9.17) is 11.6 Å². The van der Waals surface area contributed by atoms with Crippen LogP contribution in [0.2, 0.25) is 5.02 Å². The summed E-state index contributed by atoms with van der Waals surface area (Å²) in [6.07, 6.45) is 4.27. The van der Waals surface area contributed by atoms with Gasteiger partial charge in [0.05, 0.1) is 21.3 Å². The largest absolute Gasteiger partial charge is 0.478 e. The van der Waals surface area contributed by atoms with Crippen molar-refractivity contribution in [1.29, 1.82) is 0 Å². The van der Waals surface area contributed by atoms with Crippen molar-refractivity contribution in [2.45, 2.75) is 12.8 Å². The van der Waals surface area contributed by atoms with Crippen molar-refractivity contribution in [3.8, 4) is 0 Å². The van der Waals surface area contributed by atoms with Gasteiger partial charge in [0.25, 0.3) is 0 Å². The van der Waals surface area contributed by atoms with Gasteiger partial charge in [0.2, 0.25) is 5.91 Å². The number of aromatic nitrogens is 2. The lowest BCUT2D eigenvalue weighted by molar-refractivity contribution is -0.120. The molecule has 10 heteroatoms. The van der Waals surface area contributed by atoms with Crippen LogP contribution in [0.15, 0.2) is 30.6 Å². The van der Waals surface area contributed by atoms with Gasteiger partial charge in [0, 0.05) is 25.5 Å². The second kappa shape index (κ2) is 7.92. The van der Waals surface area contributed by atoms with Crippen LogP contribution in [0.25, 0.3) is 10.2 Å². The first-order valence-corrected chi connectivity index (χ1v) is 10.1. The molecule has 0 saturated carbocycles. The predicted molar refractivity (Wildman–Crippen MR) is 109 cm³/mol. The fraction of sp³-hybridized carbons (Fsp3) is 0.263. The van der Waals surface area contributed by atoms with Gasteiger partial charge in [0.15, 0.2) is 5.13 Å². The van der Waals surface area contributed by atoms with Gasteiger partial charge in [-0.25, -0.2) is 14.2 Å². The zero-order valence-corrected chi connectivity index (χ0v) is 16.6. The molecule has 2 N–H and O–H groups in total. The Hall–Kier alpha value is -2.78. The summed E-state index contributed by atoms with van der Waals surface area (Å²) in [6, 6.07) is 4.16. The number of anilines is 2. The number of carboxylic acid groups (broad SMARTS) is 1. The van der Waals surface area contributed by atoms with E-state index in [1.807, 2.05) is 4.90 Å². The molecular weight excluding hydrogens is 419 g/mol. The number of hydrogen-bond acceptors (Lipinski definition) is 6. The second-order valence-corrected chi connectivity index (χ2v) is 8.16. The van der Waals surface area contributed by atoms with Gasteiger partial charge in [-0.3, -0.25) is 9.78 Å². The number of amides is 1. The van der Waals surface area contributed by atoms with Gasteiger partial charge in [-0.15, -0.1) is 0 Å². The minimum absolute atomic E-state index is 0.108. The van der Waals surface area contributed by atoms with Crippen LogP contribution in [-0.4, -0.2) is 40.0 Å². The minimum Gasteiger partial charge on any atom is -0.478 e. The molecule has 1 aliphatic heterocycles. The zero-order chi connectivity index (χ0) is 20.5. The highest BCUT2D eigenvalue weighted by atomic mass is 35.5. The van der Waals surface area contributed by atoms with Crippen LogP contribution in [0.3, 0.4) is 0 Å². The first-order chi connectivity index (χ1) is 13.9. The van der Waals surface area contributed by atoms with Crippen LogP contribution < -0.4 is 10.2 Å². The summed E-state index contributed by atoms with van der Waals surface area (Å²) in [6.45, 7) is 1.04. The molecule has 0 aliphatic carbocycles. The number of piperidine rings is 1. The topological polar surface area (TPSA) is 95.4 Å². The summed E-state index contributed by atoms with van der Waals surface area (Å²) in [5, 5.41) is 12.7. The number of carbonyl (C=O) groups excluding carboxylic acids is 1. The molecule has 1 unspecified atom stereocenters. The standard InChI is InChI=1S/C19H16ClFN4O3S/c20-13-6-11(21)7-15-16(13)23-19(29-15)24-17(26)10-2-1-5-25(9-10)14-3-4-22-8-12(14)18(27)28/h3-4,6-8,10H,1-2,5,9H2,(H,27,28)(H,23,24,26). The summed E-state index contributed by atoms with van der Waals surface area (Å²) in [4.78, 5) is 34.3. The number of hydrogen-bond donors (Lipinski definition) is 2. The van der Waals surface area contributed by atoms with Gasteiger partial charge >= 0.3 is 5.97 Å². The van der Waals surface area contributed by atoms with Crippen molar-refractivity contribution in [2.75, 3.05) is 23.3 Å². The lowest BCUT2D eigenvalue weighted by Crippen LogP contribution is -2.41. The van der Waals surface area contributed by atoms with Crippen LogP contribution in [0.5, 0.6) is 0 Å². The molecule has 2 aromatic heterocycles. The number of pyridine rings is 1. The maximum atomic E-state index is 13.5. The Labute approximate surface area is 174 Å². The molecule has 1 amide bonds. The average molecular weight is 435 g/mol. The van der Waals surface area contributed by atoms with Crippen molar-refractivity contribution in [2.24, 2.45) is 5.92 Å². The SMILES string of the molecule is O=C(O)c1cnccc1N1CCCC(C(=O)Nc2nc3c(Cl)cc(F)cc3s2)C1. The quantitative estimate of drug-likeness (QED) is 0.643. The number of carbonyl (C=O) groups is 2. The highest BCUT2D eigenvalue weighted by Crippen LogP contribution is 2.33. The first-order valence-electron chi connectivity index (χ1n) is 8.91. The van der Waals surface area contributed by atoms with Crippen LogP contribution in [0.1, 0.15) is 23.2 Å². The molecule has 7 nitrogen and oxygen atoms in total. The third-order valence-electron chi connectivity index (χ3n) is 4.80. The number of fused-ring (bicyclic) bond motifs is 1. The van der Waals surface area contributed by atoms with E-state index in [-0.39, 0.29) is 22.4 Å². The molecule has 1 aliphatic rings. The zero-order valence-electron chi connectivity index (χ0n) is 15.1. The Morgan fingerprint density at radius 1 is 1.38 bits per heavy atom. The van der Waals surface area contributed by atoms with E-state index in [0.29, 0.717) is 40.5 Å². The molecular formula is C19H16ClFN4O3S. The number of carboxylic acids is 1. The summed E-state index contributed by atoms with van der Waals surface area (Å²) >= 11 is 7.17. The fourth-order valence-corrected chi connectivity index (χ4v) is 4.68. The van der Waals surface area contributed by atoms with Gasteiger partial charge in [-0.1, -0.05) is 22.9 Å². The smallest absolute Gasteiger partial charge is 0.339 e. The van der Waals surface area contributed by atoms with E-state index < -0.39 is 11.8 Å². The number of rotatable bonds is 4. The Morgan fingerprint density at radius 3 is 3.00 bits per heavy atom. The molecule has 1 atom stereocenters. The molecule has 1 saturated heterocycles. The Morgan fingerprint density at radius 2 is 2.21 bits per heavy atom. The summed E-state index contributed by atoms with van der Waals surface area (Å²) in [5.74, 6) is -2.06.